The van der Waals surface area contributed by atoms with Crippen molar-refractivity contribution in [2.24, 2.45) is 5.41 Å². The molecule has 0 aromatic heterocycles. The van der Waals surface area contributed by atoms with Gasteiger partial charge in [-0.1, -0.05) is 20.8 Å². The minimum atomic E-state index is -0.243. The summed E-state index contributed by atoms with van der Waals surface area (Å²) in [5.41, 5.74) is -0.364. The SMILES string of the molecule is CCC(C)(C)C(=O)NC(C)(C)C. The van der Waals surface area contributed by atoms with E-state index in [0.717, 1.165) is 6.42 Å². The molecule has 0 saturated heterocycles. The summed E-state index contributed by atoms with van der Waals surface area (Å²) in [4.78, 5) is 11.6. The maximum Gasteiger partial charge on any atom is 0.226 e. The number of hydrogen-bond donors (Lipinski definition) is 1. The number of nitrogens with one attached hydrogen (secondary N) is 1. The predicted octanol–water partition coefficient (Wildman–Crippen LogP) is 2.34. The zero-order chi connectivity index (χ0) is 9.99. The van der Waals surface area contributed by atoms with E-state index in [1.807, 2.05) is 41.5 Å². The van der Waals surface area contributed by atoms with Crippen molar-refractivity contribution in [2.45, 2.75) is 53.5 Å². The van der Waals surface area contributed by atoms with Gasteiger partial charge in [-0.2, -0.15) is 0 Å². The zero-order valence-corrected chi connectivity index (χ0v) is 9.12. The van der Waals surface area contributed by atoms with Gasteiger partial charge in [0.2, 0.25) is 5.91 Å². The molecule has 0 aliphatic heterocycles. The minimum Gasteiger partial charge on any atom is -0.351 e. The van der Waals surface area contributed by atoms with Crippen LogP contribution in [0, 0.1) is 5.41 Å². The van der Waals surface area contributed by atoms with Crippen molar-refractivity contribution < 1.29 is 4.79 Å². The van der Waals surface area contributed by atoms with Gasteiger partial charge in [-0.05, 0) is 27.2 Å². The van der Waals surface area contributed by atoms with E-state index < -0.39 is 0 Å². The smallest absolute Gasteiger partial charge is 0.226 e. The molecule has 1 amide bonds. The molecule has 0 bridgehead atoms. The van der Waals surface area contributed by atoms with Crippen molar-refractivity contribution in [3.05, 3.63) is 0 Å². The number of hydrogen-bond acceptors (Lipinski definition) is 1. The van der Waals surface area contributed by atoms with Crippen LogP contribution >= 0.6 is 0 Å². The molecular formula is C10H21NO. The third-order valence-electron chi connectivity index (χ3n) is 1.99. The van der Waals surface area contributed by atoms with Crippen LogP contribution < -0.4 is 5.32 Å². The Morgan fingerprint density at radius 3 is 1.83 bits per heavy atom. The number of amides is 1. The molecule has 0 unspecified atom stereocenters. The molecule has 0 aliphatic carbocycles. The molecule has 2 heteroatoms. The van der Waals surface area contributed by atoms with E-state index in [2.05, 4.69) is 5.32 Å². The molecule has 0 fully saturated rings. The predicted molar refractivity (Wildman–Crippen MR) is 52.0 cm³/mol. The summed E-state index contributed by atoms with van der Waals surface area (Å²) in [5, 5.41) is 2.97. The van der Waals surface area contributed by atoms with Crippen LogP contribution in [0.5, 0.6) is 0 Å². The fourth-order valence-corrected chi connectivity index (χ4v) is 0.670. The Kier molecular flexibility index (Phi) is 3.31. The average molecular weight is 171 g/mol. The van der Waals surface area contributed by atoms with Crippen LogP contribution in [0.3, 0.4) is 0 Å². The molecule has 0 aromatic carbocycles. The van der Waals surface area contributed by atoms with E-state index in [1.54, 1.807) is 0 Å². The van der Waals surface area contributed by atoms with Gasteiger partial charge in [0, 0.05) is 11.0 Å². The zero-order valence-electron chi connectivity index (χ0n) is 9.12. The van der Waals surface area contributed by atoms with Crippen molar-refractivity contribution in [3.8, 4) is 0 Å². The van der Waals surface area contributed by atoms with E-state index in [0.29, 0.717) is 0 Å². The second-order valence-corrected chi connectivity index (χ2v) is 4.94. The molecule has 1 N–H and O–H groups in total. The Labute approximate surface area is 75.7 Å². The van der Waals surface area contributed by atoms with Crippen molar-refractivity contribution in [2.75, 3.05) is 0 Å². The van der Waals surface area contributed by atoms with Crippen molar-refractivity contribution in [1.82, 2.24) is 5.32 Å². The first-order valence-electron chi connectivity index (χ1n) is 4.51. The third-order valence-corrected chi connectivity index (χ3v) is 1.99. The lowest BCUT2D eigenvalue weighted by Gasteiger charge is -2.28. The standard InChI is InChI=1S/C10H21NO/c1-7-10(5,6)8(12)11-9(2,3)4/h7H2,1-6H3,(H,11,12). The molecule has 0 atom stereocenters. The Morgan fingerprint density at radius 1 is 1.17 bits per heavy atom. The van der Waals surface area contributed by atoms with Crippen LogP contribution in [0.15, 0.2) is 0 Å². The van der Waals surface area contributed by atoms with Gasteiger partial charge in [0.15, 0.2) is 0 Å². The fraction of sp³-hybridized carbons (Fsp3) is 0.900. The molecule has 0 rings (SSSR count). The van der Waals surface area contributed by atoms with Crippen molar-refractivity contribution in [3.63, 3.8) is 0 Å². The van der Waals surface area contributed by atoms with E-state index in [1.165, 1.54) is 0 Å². The first kappa shape index (κ1) is 11.5. The van der Waals surface area contributed by atoms with Gasteiger partial charge >= 0.3 is 0 Å². The summed E-state index contributed by atoms with van der Waals surface area (Å²) in [6.07, 6.45) is 0.870. The summed E-state index contributed by atoms with van der Waals surface area (Å²) >= 11 is 0. The number of carbonyl (C=O) groups is 1. The monoisotopic (exact) mass is 171 g/mol. The average Bonchev–Trinajstić information content (AvgIpc) is 1.84. The maximum absolute atomic E-state index is 11.6. The Bertz CT molecular complexity index is 165. The summed E-state index contributed by atoms with van der Waals surface area (Å²) in [6.45, 7) is 12.0. The van der Waals surface area contributed by atoms with Crippen LogP contribution in [0.2, 0.25) is 0 Å². The third kappa shape index (κ3) is 3.74. The van der Waals surface area contributed by atoms with Gasteiger partial charge in [-0.25, -0.2) is 0 Å². The lowest BCUT2D eigenvalue weighted by atomic mass is 9.88. The molecule has 0 aromatic rings. The molecular weight excluding hydrogens is 150 g/mol. The molecule has 0 aliphatic rings. The van der Waals surface area contributed by atoms with Crippen molar-refractivity contribution in [1.29, 1.82) is 0 Å². The van der Waals surface area contributed by atoms with E-state index in [-0.39, 0.29) is 16.9 Å². The molecule has 0 saturated carbocycles. The number of carbonyl (C=O) groups excluding carboxylic acids is 1. The molecule has 72 valence electrons. The maximum atomic E-state index is 11.6. The summed E-state index contributed by atoms with van der Waals surface area (Å²) in [7, 11) is 0. The number of rotatable bonds is 2. The van der Waals surface area contributed by atoms with Crippen LogP contribution in [0.25, 0.3) is 0 Å². The fourth-order valence-electron chi connectivity index (χ4n) is 0.670. The Hall–Kier alpha value is -0.530. The largest absolute Gasteiger partial charge is 0.351 e. The van der Waals surface area contributed by atoms with Crippen LogP contribution in [0.4, 0.5) is 0 Å². The molecule has 0 spiro atoms. The van der Waals surface area contributed by atoms with Gasteiger partial charge in [0.05, 0.1) is 0 Å². The second-order valence-electron chi connectivity index (χ2n) is 4.94. The first-order chi connectivity index (χ1) is 5.19. The molecule has 2 nitrogen and oxygen atoms in total. The van der Waals surface area contributed by atoms with Crippen LogP contribution in [0.1, 0.15) is 48.0 Å². The van der Waals surface area contributed by atoms with E-state index >= 15 is 0 Å². The highest BCUT2D eigenvalue weighted by atomic mass is 16.2. The molecule has 0 heterocycles. The van der Waals surface area contributed by atoms with Crippen LogP contribution in [-0.4, -0.2) is 11.4 Å². The van der Waals surface area contributed by atoms with Gasteiger partial charge < -0.3 is 5.32 Å². The topological polar surface area (TPSA) is 29.1 Å². The summed E-state index contributed by atoms with van der Waals surface area (Å²) in [5.74, 6) is 0.137. The summed E-state index contributed by atoms with van der Waals surface area (Å²) < 4.78 is 0. The van der Waals surface area contributed by atoms with E-state index in [9.17, 15) is 4.79 Å². The van der Waals surface area contributed by atoms with Crippen molar-refractivity contribution >= 4 is 5.91 Å². The van der Waals surface area contributed by atoms with Gasteiger partial charge in [-0.3, -0.25) is 4.79 Å². The highest BCUT2D eigenvalue weighted by Crippen LogP contribution is 2.20. The normalized spacial score (nSPS) is 12.8. The minimum absolute atomic E-state index is 0.122. The lowest BCUT2D eigenvalue weighted by molar-refractivity contribution is -0.131. The van der Waals surface area contributed by atoms with Gasteiger partial charge in [-0.15, -0.1) is 0 Å². The second kappa shape index (κ2) is 3.46. The first-order valence-corrected chi connectivity index (χ1v) is 4.51. The quantitative estimate of drug-likeness (QED) is 0.679. The van der Waals surface area contributed by atoms with Crippen LogP contribution in [-0.2, 0) is 4.79 Å². The molecule has 0 radical (unpaired) electrons. The highest BCUT2D eigenvalue weighted by molar-refractivity contribution is 5.82. The Balaban J connectivity index is 4.23. The molecule has 12 heavy (non-hydrogen) atoms. The van der Waals surface area contributed by atoms with Gasteiger partial charge in [0.25, 0.3) is 0 Å². The Morgan fingerprint density at radius 2 is 1.58 bits per heavy atom. The van der Waals surface area contributed by atoms with Gasteiger partial charge in [0.1, 0.15) is 0 Å². The highest BCUT2D eigenvalue weighted by Gasteiger charge is 2.27. The lowest BCUT2D eigenvalue weighted by Crippen LogP contribution is -2.46. The van der Waals surface area contributed by atoms with E-state index in [4.69, 9.17) is 0 Å². The summed E-state index contributed by atoms with van der Waals surface area (Å²) in [6, 6.07) is 0.